The molecule has 1 aromatic carbocycles. The Labute approximate surface area is 91.7 Å². The van der Waals surface area contributed by atoms with E-state index in [1.54, 1.807) is 13.0 Å². The van der Waals surface area contributed by atoms with Gasteiger partial charge in [-0.25, -0.2) is 4.79 Å². The van der Waals surface area contributed by atoms with Crippen LogP contribution in [-0.2, 0) is 4.74 Å². The van der Waals surface area contributed by atoms with E-state index >= 15 is 0 Å². The number of carbonyl (C=O) groups excluding carboxylic acids is 1. The van der Waals surface area contributed by atoms with E-state index in [1.165, 1.54) is 12.1 Å². The van der Waals surface area contributed by atoms with Crippen LogP contribution in [0.3, 0.4) is 0 Å². The van der Waals surface area contributed by atoms with Crippen molar-refractivity contribution < 1.29 is 14.6 Å². The molecule has 0 fully saturated rings. The predicted molar refractivity (Wildman–Crippen MR) is 53.8 cm³/mol. The first kappa shape index (κ1) is 11.3. The van der Waals surface area contributed by atoms with Gasteiger partial charge in [0.1, 0.15) is 6.07 Å². The Bertz CT molecular complexity index is 437. The average molecular weight is 226 g/mol. The lowest BCUT2D eigenvalue weighted by Gasteiger charge is -2.05. The summed E-state index contributed by atoms with van der Waals surface area (Å²) in [6, 6.07) is 4.41. The summed E-state index contributed by atoms with van der Waals surface area (Å²) in [6.45, 7) is 1.88. The van der Waals surface area contributed by atoms with Gasteiger partial charge in [0.2, 0.25) is 0 Å². The molecule has 5 heteroatoms. The molecule has 15 heavy (non-hydrogen) atoms. The monoisotopic (exact) mass is 225 g/mol. The van der Waals surface area contributed by atoms with Gasteiger partial charge in [-0.1, -0.05) is 11.6 Å². The first-order valence-electron chi connectivity index (χ1n) is 4.20. The number of benzene rings is 1. The van der Waals surface area contributed by atoms with Crippen molar-refractivity contribution in [3.05, 3.63) is 28.3 Å². The highest BCUT2D eigenvalue weighted by Crippen LogP contribution is 2.30. The lowest BCUT2D eigenvalue weighted by molar-refractivity contribution is 0.0526. The molecule has 0 radical (unpaired) electrons. The first-order valence-corrected chi connectivity index (χ1v) is 4.58. The fraction of sp³-hybridized carbons (Fsp3) is 0.200. The minimum Gasteiger partial charge on any atom is -0.505 e. The lowest BCUT2D eigenvalue weighted by atomic mass is 10.1. The van der Waals surface area contributed by atoms with Gasteiger partial charge in [0.15, 0.2) is 5.75 Å². The maximum atomic E-state index is 11.3. The van der Waals surface area contributed by atoms with Gasteiger partial charge in [-0.15, -0.1) is 0 Å². The Morgan fingerprint density at radius 2 is 2.33 bits per heavy atom. The van der Waals surface area contributed by atoms with Crippen LogP contribution in [-0.4, -0.2) is 17.7 Å². The molecule has 0 spiro atoms. The molecule has 0 aromatic heterocycles. The Balaban J connectivity index is 3.19. The molecule has 0 aliphatic heterocycles. The third kappa shape index (κ3) is 2.20. The first-order chi connectivity index (χ1) is 7.11. The van der Waals surface area contributed by atoms with E-state index in [1.807, 2.05) is 0 Å². The summed E-state index contributed by atoms with van der Waals surface area (Å²) in [6.07, 6.45) is 0. The zero-order chi connectivity index (χ0) is 11.4. The van der Waals surface area contributed by atoms with Crippen LogP contribution in [0, 0.1) is 11.3 Å². The largest absolute Gasteiger partial charge is 0.505 e. The molecular formula is C10H8ClNO3. The molecule has 4 nitrogen and oxygen atoms in total. The van der Waals surface area contributed by atoms with Gasteiger partial charge in [0.25, 0.3) is 0 Å². The quantitative estimate of drug-likeness (QED) is 0.783. The van der Waals surface area contributed by atoms with E-state index in [2.05, 4.69) is 0 Å². The van der Waals surface area contributed by atoms with Crippen molar-refractivity contribution in [1.82, 2.24) is 0 Å². The molecule has 0 aliphatic carbocycles. The lowest BCUT2D eigenvalue weighted by Crippen LogP contribution is -2.05. The summed E-state index contributed by atoms with van der Waals surface area (Å²) in [7, 11) is 0. The minimum atomic E-state index is -0.623. The second-order valence-corrected chi connectivity index (χ2v) is 3.03. The summed E-state index contributed by atoms with van der Waals surface area (Å²) in [5.41, 5.74) is 0.0723. The summed E-state index contributed by atoms with van der Waals surface area (Å²) < 4.78 is 4.72. The maximum Gasteiger partial charge on any atom is 0.339 e. The van der Waals surface area contributed by atoms with Gasteiger partial charge < -0.3 is 9.84 Å². The number of phenolic OH excluding ortho intramolecular Hbond substituents is 1. The molecule has 1 N–H and O–H groups in total. The number of aromatic hydroxyl groups is 1. The van der Waals surface area contributed by atoms with Gasteiger partial charge in [0.05, 0.1) is 22.8 Å². The van der Waals surface area contributed by atoms with Crippen LogP contribution in [0.5, 0.6) is 5.75 Å². The second-order valence-electron chi connectivity index (χ2n) is 2.66. The Morgan fingerprint density at radius 3 is 2.87 bits per heavy atom. The van der Waals surface area contributed by atoms with E-state index in [-0.39, 0.29) is 22.8 Å². The van der Waals surface area contributed by atoms with Gasteiger partial charge >= 0.3 is 5.97 Å². The number of ether oxygens (including phenoxy) is 1. The van der Waals surface area contributed by atoms with Crippen LogP contribution in [0.15, 0.2) is 12.1 Å². The van der Waals surface area contributed by atoms with Gasteiger partial charge in [-0.05, 0) is 19.1 Å². The van der Waals surface area contributed by atoms with E-state index in [0.29, 0.717) is 0 Å². The Morgan fingerprint density at radius 1 is 1.67 bits per heavy atom. The number of esters is 1. The number of hydrogen-bond donors (Lipinski definition) is 1. The van der Waals surface area contributed by atoms with Crippen molar-refractivity contribution in [3.8, 4) is 11.8 Å². The zero-order valence-electron chi connectivity index (χ0n) is 7.95. The highest BCUT2D eigenvalue weighted by Gasteiger charge is 2.16. The number of hydrogen-bond acceptors (Lipinski definition) is 4. The predicted octanol–water partition coefficient (Wildman–Crippen LogP) is 2.09. The number of carbonyl (C=O) groups is 1. The van der Waals surface area contributed by atoms with Crippen LogP contribution < -0.4 is 0 Å². The number of phenols is 1. The molecule has 0 unspecified atom stereocenters. The zero-order valence-corrected chi connectivity index (χ0v) is 8.71. The van der Waals surface area contributed by atoms with Crippen LogP contribution in [0.4, 0.5) is 0 Å². The summed E-state index contributed by atoms with van der Waals surface area (Å²) in [5.74, 6) is -1.02. The number of nitriles is 1. The van der Waals surface area contributed by atoms with Crippen LogP contribution >= 0.6 is 11.6 Å². The third-order valence-corrected chi connectivity index (χ3v) is 2.11. The molecule has 0 saturated carbocycles. The fourth-order valence-corrected chi connectivity index (χ4v) is 1.26. The van der Waals surface area contributed by atoms with E-state index in [0.717, 1.165) is 0 Å². The van der Waals surface area contributed by atoms with Crippen molar-refractivity contribution in [1.29, 1.82) is 5.26 Å². The highest BCUT2D eigenvalue weighted by atomic mass is 35.5. The average Bonchev–Trinajstić information content (AvgIpc) is 2.22. The molecular weight excluding hydrogens is 218 g/mol. The normalized spacial score (nSPS) is 9.40. The Hall–Kier alpha value is -1.73. The van der Waals surface area contributed by atoms with Gasteiger partial charge in [-0.2, -0.15) is 5.26 Å². The molecule has 0 saturated heterocycles. The highest BCUT2D eigenvalue weighted by molar-refractivity contribution is 6.35. The summed E-state index contributed by atoms with van der Waals surface area (Å²) >= 11 is 5.71. The number of halogens is 1. The van der Waals surface area contributed by atoms with Crippen molar-refractivity contribution in [3.63, 3.8) is 0 Å². The third-order valence-electron chi connectivity index (χ3n) is 1.73. The molecule has 0 amide bonds. The molecule has 0 heterocycles. The molecule has 0 aliphatic rings. The van der Waals surface area contributed by atoms with E-state index < -0.39 is 11.7 Å². The van der Waals surface area contributed by atoms with Crippen LogP contribution in [0.25, 0.3) is 0 Å². The second kappa shape index (κ2) is 4.67. The van der Waals surface area contributed by atoms with Crippen molar-refractivity contribution in [2.75, 3.05) is 6.61 Å². The number of rotatable bonds is 2. The van der Waals surface area contributed by atoms with Crippen molar-refractivity contribution in [2.45, 2.75) is 6.92 Å². The van der Waals surface area contributed by atoms with Crippen molar-refractivity contribution >= 4 is 17.6 Å². The van der Waals surface area contributed by atoms with Gasteiger partial charge in [0, 0.05) is 0 Å². The number of nitrogens with zero attached hydrogens (tertiary/aromatic N) is 1. The smallest absolute Gasteiger partial charge is 0.339 e. The Kier molecular flexibility index (Phi) is 3.53. The van der Waals surface area contributed by atoms with Crippen LogP contribution in [0.1, 0.15) is 22.8 Å². The fourth-order valence-electron chi connectivity index (χ4n) is 1.02. The molecule has 0 atom stereocenters. The maximum absolute atomic E-state index is 11.3. The summed E-state index contributed by atoms with van der Waals surface area (Å²) in [4.78, 5) is 11.3. The molecule has 1 aromatic rings. The molecule has 0 bridgehead atoms. The van der Waals surface area contributed by atoms with E-state index in [4.69, 9.17) is 21.6 Å². The topological polar surface area (TPSA) is 70.3 Å². The SMILES string of the molecule is CCOC(=O)c1ccc(C#N)c(O)c1Cl. The molecule has 1 rings (SSSR count). The molecule has 78 valence electrons. The standard InChI is InChI=1S/C10H8ClNO3/c1-2-15-10(14)7-4-3-6(5-12)9(13)8(7)11/h3-4,13H,2H2,1H3. The van der Waals surface area contributed by atoms with Crippen molar-refractivity contribution in [2.24, 2.45) is 0 Å². The van der Waals surface area contributed by atoms with Crippen LogP contribution in [0.2, 0.25) is 5.02 Å². The summed E-state index contributed by atoms with van der Waals surface area (Å²) in [5, 5.41) is 17.9. The van der Waals surface area contributed by atoms with Gasteiger partial charge in [-0.3, -0.25) is 0 Å². The van der Waals surface area contributed by atoms with E-state index in [9.17, 15) is 9.90 Å². The minimum absolute atomic E-state index is 0.0213.